The zero-order valence-corrected chi connectivity index (χ0v) is 16.7. The van der Waals surface area contributed by atoms with Crippen LogP contribution in [-0.4, -0.2) is 60.3 Å². The summed E-state index contributed by atoms with van der Waals surface area (Å²) in [5, 5.41) is 3.46. The lowest BCUT2D eigenvalue weighted by Gasteiger charge is -2.33. The average Bonchev–Trinajstić information content (AvgIpc) is 2.76. The number of hydrogen-bond acceptors (Lipinski definition) is 6. The lowest BCUT2D eigenvalue weighted by molar-refractivity contribution is -0.138. The van der Waals surface area contributed by atoms with Crippen molar-refractivity contribution in [1.29, 1.82) is 0 Å². The van der Waals surface area contributed by atoms with E-state index in [-0.39, 0.29) is 6.04 Å². The molecule has 0 aliphatic carbocycles. The van der Waals surface area contributed by atoms with Crippen LogP contribution in [0.1, 0.15) is 24.0 Å². The van der Waals surface area contributed by atoms with Crippen molar-refractivity contribution in [1.82, 2.24) is 14.9 Å². The summed E-state index contributed by atoms with van der Waals surface area (Å²) in [5.41, 5.74) is -0.204. The van der Waals surface area contributed by atoms with Gasteiger partial charge in [-0.1, -0.05) is 18.2 Å². The molecule has 2 aliphatic heterocycles. The van der Waals surface area contributed by atoms with Crippen LogP contribution >= 0.6 is 0 Å². The predicted molar refractivity (Wildman–Crippen MR) is 108 cm³/mol. The third kappa shape index (κ3) is 5.20. The Hall–Kier alpha value is -2.39. The quantitative estimate of drug-likeness (QED) is 0.799. The van der Waals surface area contributed by atoms with Gasteiger partial charge in [0.15, 0.2) is 0 Å². The van der Waals surface area contributed by atoms with Crippen LogP contribution in [0.3, 0.4) is 0 Å². The molecule has 1 aromatic heterocycles. The zero-order valence-electron chi connectivity index (χ0n) is 16.7. The van der Waals surface area contributed by atoms with Crippen molar-refractivity contribution >= 4 is 11.8 Å². The Morgan fingerprint density at radius 3 is 2.50 bits per heavy atom. The molecule has 9 heteroatoms. The molecule has 6 nitrogen and oxygen atoms in total. The van der Waals surface area contributed by atoms with Gasteiger partial charge in [0, 0.05) is 45.0 Å². The minimum atomic E-state index is -4.32. The van der Waals surface area contributed by atoms with E-state index >= 15 is 0 Å². The van der Waals surface area contributed by atoms with E-state index in [0.717, 1.165) is 50.9 Å². The number of piperidine rings is 1. The summed E-state index contributed by atoms with van der Waals surface area (Å²) in [6, 6.07) is 7.93. The van der Waals surface area contributed by atoms with E-state index in [1.54, 1.807) is 18.3 Å². The zero-order chi connectivity index (χ0) is 21.0. The third-order valence-electron chi connectivity index (χ3n) is 5.59. The summed E-state index contributed by atoms with van der Waals surface area (Å²) in [6.07, 6.45) is -0.860. The molecule has 2 aliphatic rings. The molecule has 0 unspecified atom stereocenters. The lowest BCUT2D eigenvalue weighted by Crippen LogP contribution is -2.39. The molecule has 3 heterocycles. The molecular weight excluding hydrogens is 395 g/mol. The van der Waals surface area contributed by atoms with E-state index in [2.05, 4.69) is 25.1 Å². The number of nitrogens with zero attached hydrogens (tertiary/aromatic N) is 4. The Morgan fingerprint density at radius 2 is 1.77 bits per heavy atom. The van der Waals surface area contributed by atoms with Gasteiger partial charge in [-0.3, -0.25) is 4.90 Å². The van der Waals surface area contributed by atoms with Crippen LogP contribution < -0.4 is 10.2 Å². The molecule has 0 atom stereocenters. The summed E-state index contributed by atoms with van der Waals surface area (Å²) in [7, 11) is 0. The number of anilines is 2. The Kier molecular flexibility index (Phi) is 6.38. The molecule has 1 N–H and O–H groups in total. The highest BCUT2D eigenvalue weighted by atomic mass is 19.4. The van der Waals surface area contributed by atoms with E-state index < -0.39 is 11.7 Å². The Bertz CT molecular complexity index is 833. The van der Waals surface area contributed by atoms with Gasteiger partial charge >= 0.3 is 6.18 Å². The van der Waals surface area contributed by atoms with Crippen LogP contribution in [0.5, 0.6) is 0 Å². The molecule has 0 amide bonds. The van der Waals surface area contributed by atoms with E-state index in [1.165, 1.54) is 6.07 Å². The fraction of sp³-hybridized carbons (Fsp3) is 0.524. The van der Waals surface area contributed by atoms with Crippen molar-refractivity contribution in [2.45, 2.75) is 31.6 Å². The van der Waals surface area contributed by atoms with Gasteiger partial charge in [-0.15, -0.1) is 0 Å². The minimum absolute atomic E-state index is 0.242. The van der Waals surface area contributed by atoms with Crippen LogP contribution in [0.2, 0.25) is 0 Å². The number of alkyl halides is 3. The number of aromatic nitrogens is 2. The molecule has 2 aromatic rings. The molecule has 4 rings (SSSR count). The van der Waals surface area contributed by atoms with Crippen LogP contribution in [0.4, 0.5) is 24.9 Å². The number of halogens is 3. The molecular formula is C21H26F3N5O. The second-order valence-electron chi connectivity index (χ2n) is 7.69. The highest BCUT2D eigenvalue weighted by Gasteiger charge is 2.33. The van der Waals surface area contributed by atoms with Crippen LogP contribution in [0, 0.1) is 0 Å². The maximum absolute atomic E-state index is 13.2. The summed E-state index contributed by atoms with van der Waals surface area (Å²) < 4.78 is 45.0. The van der Waals surface area contributed by atoms with Crippen LogP contribution in [-0.2, 0) is 17.5 Å². The second-order valence-corrected chi connectivity index (χ2v) is 7.69. The molecule has 0 bridgehead atoms. The van der Waals surface area contributed by atoms with Crippen molar-refractivity contribution in [2.75, 3.05) is 49.6 Å². The highest BCUT2D eigenvalue weighted by Crippen LogP contribution is 2.32. The Morgan fingerprint density at radius 1 is 1.03 bits per heavy atom. The van der Waals surface area contributed by atoms with E-state index in [1.807, 2.05) is 6.07 Å². The molecule has 2 fully saturated rings. The van der Waals surface area contributed by atoms with Crippen molar-refractivity contribution in [3.05, 3.63) is 47.7 Å². The normalized spacial score (nSPS) is 19.1. The van der Waals surface area contributed by atoms with Crippen molar-refractivity contribution in [2.24, 2.45) is 0 Å². The topological polar surface area (TPSA) is 53.5 Å². The van der Waals surface area contributed by atoms with Crippen molar-refractivity contribution in [3.8, 4) is 0 Å². The fourth-order valence-corrected chi connectivity index (χ4v) is 3.96. The summed E-state index contributed by atoms with van der Waals surface area (Å²) in [6.45, 7) is 4.71. The standard InChI is InChI=1S/C21H26F3N5O/c22-21(23,24)18-4-2-1-3-16(18)15-28-9-6-17(7-10-28)26-19-5-8-25-20(27-19)29-11-13-30-14-12-29/h1-5,8,17H,6-7,9-15H2,(H,25,26,27). The highest BCUT2D eigenvalue weighted by molar-refractivity contribution is 5.42. The average molecular weight is 421 g/mol. The molecule has 162 valence electrons. The fourth-order valence-electron chi connectivity index (χ4n) is 3.96. The number of morpholine rings is 1. The lowest BCUT2D eigenvalue weighted by atomic mass is 10.0. The van der Waals surface area contributed by atoms with Gasteiger partial charge in [0.1, 0.15) is 5.82 Å². The minimum Gasteiger partial charge on any atom is -0.378 e. The van der Waals surface area contributed by atoms with E-state index in [9.17, 15) is 13.2 Å². The first-order valence-corrected chi connectivity index (χ1v) is 10.3. The number of benzene rings is 1. The number of likely N-dealkylation sites (tertiary alicyclic amines) is 1. The largest absolute Gasteiger partial charge is 0.416 e. The summed E-state index contributed by atoms with van der Waals surface area (Å²) in [5.74, 6) is 1.48. The first kappa shape index (κ1) is 20.9. The maximum atomic E-state index is 13.2. The van der Waals surface area contributed by atoms with E-state index in [4.69, 9.17) is 4.74 Å². The van der Waals surface area contributed by atoms with Gasteiger partial charge < -0.3 is 15.0 Å². The maximum Gasteiger partial charge on any atom is 0.416 e. The first-order chi connectivity index (χ1) is 14.5. The van der Waals surface area contributed by atoms with Gasteiger partial charge in [0.05, 0.1) is 18.8 Å². The Labute approximate surface area is 174 Å². The smallest absolute Gasteiger partial charge is 0.378 e. The van der Waals surface area contributed by atoms with Gasteiger partial charge in [0.25, 0.3) is 0 Å². The number of hydrogen-bond donors (Lipinski definition) is 1. The predicted octanol–water partition coefficient (Wildman–Crippen LogP) is 3.41. The number of ether oxygens (including phenoxy) is 1. The third-order valence-corrected chi connectivity index (χ3v) is 5.59. The Balaban J connectivity index is 1.31. The molecule has 0 radical (unpaired) electrons. The molecule has 0 saturated carbocycles. The summed E-state index contributed by atoms with van der Waals surface area (Å²) in [4.78, 5) is 13.2. The second kappa shape index (κ2) is 9.18. The van der Waals surface area contributed by atoms with Crippen LogP contribution in [0.15, 0.2) is 36.5 Å². The van der Waals surface area contributed by atoms with Gasteiger partial charge in [-0.05, 0) is 30.5 Å². The van der Waals surface area contributed by atoms with Crippen molar-refractivity contribution < 1.29 is 17.9 Å². The van der Waals surface area contributed by atoms with Gasteiger partial charge in [0.2, 0.25) is 5.95 Å². The molecule has 0 spiro atoms. The summed E-state index contributed by atoms with van der Waals surface area (Å²) >= 11 is 0. The van der Waals surface area contributed by atoms with Gasteiger partial charge in [-0.25, -0.2) is 4.98 Å². The SMILES string of the molecule is FC(F)(F)c1ccccc1CN1CCC(Nc2ccnc(N3CCOCC3)n2)CC1. The van der Waals surface area contributed by atoms with Gasteiger partial charge in [-0.2, -0.15) is 18.2 Å². The van der Waals surface area contributed by atoms with Crippen molar-refractivity contribution in [3.63, 3.8) is 0 Å². The van der Waals surface area contributed by atoms with E-state index in [0.29, 0.717) is 31.3 Å². The monoisotopic (exact) mass is 421 g/mol. The number of nitrogens with one attached hydrogen (secondary N) is 1. The number of rotatable bonds is 5. The van der Waals surface area contributed by atoms with Crippen LogP contribution in [0.25, 0.3) is 0 Å². The molecule has 2 saturated heterocycles. The molecule has 1 aromatic carbocycles. The molecule has 30 heavy (non-hydrogen) atoms. The first-order valence-electron chi connectivity index (χ1n) is 10.3.